The molecule has 604 valence electrons. The molecule has 0 radical (unpaired) electrons. The van der Waals surface area contributed by atoms with E-state index in [9.17, 15) is 39.0 Å². The number of carboxylic acid groups (broad SMARTS) is 1. The second-order valence-electron chi connectivity index (χ2n) is 31.7. The lowest BCUT2D eigenvalue weighted by Crippen LogP contribution is -2.87. The third kappa shape index (κ3) is 36.2. The van der Waals surface area contributed by atoms with E-state index in [0.717, 1.165) is 161 Å². The van der Waals surface area contributed by atoms with Crippen molar-refractivity contribution in [2.24, 2.45) is 40.7 Å². The first-order valence-electron chi connectivity index (χ1n) is 39.5. The number of ketones is 1. The van der Waals surface area contributed by atoms with Gasteiger partial charge in [0.2, 0.25) is 17.7 Å². The molecular weight excluding hydrogens is 1350 g/mol. The van der Waals surface area contributed by atoms with Crippen LogP contribution in [0.5, 0.6) is 0 Å². The van der Waals surface area contributed by atoms with Crippen LogP contribution < -0.4 is 22.9 Å². The lowest BCUT2D eigenvalue weighted by Gasteiger charge is -2.60. The molecule has 0 saturated carbocycles. The largest absolute Gasteiger partial charge is 0.479 e. The highest BCUT2D eigenvalue weighted by Gasteiger charge is 2.74. The second kappa shape index (κ2) is 51.7. The van der Waals surface area contributed by atoms with Gasteiger partial charge in [-0.3, -0.25) is 33.7 Å². The molecule has 1 aliphatic heterocycles. The molecule has 3 amide bonds. The number of allylic oxidation sites excluding steroid dienone is 24. The van der Waals surface area contributed by atoms with Gasteiger partial charge in [0.1, 0.15) is 31.0 Å². The molecule has 1 rings (SSSR count). The minimum absolute atomic E-state index is 0.127. The number of methoxy groups -OCH3 is 1. The van der Waals surface area contributed by atoms with Crippen molar-refractivity contribution in [3.8, 4) is 0 Å². The third-order valence-corrected chi connectivity index (χ3v) is 20.1. The summed E-state index contributed by atoms with van der Waals surface area (Å²) in [5, 5.41) is 22.7. The number of primary amides is 1. The van der Waals surface area contributed by atoms with Crippen LogP contribution in [-0.2, 0) is 52.5 Å². The summed E-state index contributed by atoms with van der Waals surface area (Å²) in [7, 11) is 0.994. The first-order chi connectivity index (χ1) is 50.2. The van der Waals surface area contributed by atoms with E-state index in [1.54, 1.807) is 13.8 Å². The fourth-order valence-corrected chi connectivity index (χ4v) is 13.4. The number of ether oxygens (including phenoxy) is 4. The van der Waals surface area contributed by atoms with Crippen molar-refractivity contribution in [3.63, 3.8) is 0 Å². The fourth-order valence-electron chi connectivity index (χ4n) is 13.4. The molecule has 1 aliphatic rings. The molecular formula is C89H145N5O13. The van der Waals surface area contributed by atoms with Gasteiger partial charge in [-0.25, -0.2) is 4.79 Å². The number of nitrogens with two attached hydrogens (primary N) is 4. The number of hydrogen-bond acceptors (Lipinski definition) is 15. The van der Waals surface area contributed by atoms with E-state index in [0.29, 0.717) is 4.90 Å². The quantitative estimate of drug-likeness (QED) is 0.0244. The van der Waals surface area contributed by atoms with E-state index >= 15 is 4.79 Å². The van der Waals surface area contributed by atoms with Crippen molar-refractivity contribution < 1.29 is 62.7 Å². The van der Waals surface area contributed by atoms with Crippen molar-refractivity contribution in [1.82, 2.24) is 4.90 Å². The number of carboxylic acids is 1. The number of aliphatic hydroxyl groups excluding tert-OH is 1. The van der Waals surface area contributed by atoms with Crippen LogP contribution in [-0.4, -0.2) is 124 Å². The SMILES string of the molecule is COC(=O)C(N)C[C@](C(N)=O)(N(C(C)=O)C(=O)C(C)C)C1(C(=O)[C@@H](N)CC(C)C)O[C@H](COC(=O)C(CC=C(C)CCC=C(C)CCC=C(C)CCC=C(C)CCC=C(C)CCC=C(C)C)CC=C(C)CCC=C(C)CCC=C(C)CCC=C(C)CCC=C(C)CCC=C(C)C)[C@@H](O)[C@H](O[C@H](C)C(=O)O)[C@H]1N. The Bertz CT molecular complexity index is 3130. The van der Waals surface area contributed by atoms with Gasteiger partial charge in [0, 0.05) is 19.3 Å². The van der Waals surface area contributed by atoms with Crippen molar-refractivity contribution in [2.75, 3.05) is 13.7 Å². The molecule has 18 nitrogen and oxygen atoms in total. The van der Waals surface area contributed by atoms with Gasteiger partial charge >= 0.3 is 17.9 Å². The molecule has 1 heterocycles. The molecule has 9 atom stereocenters. The van der Waals surface area contributed by atoms with Crippen LogP contribution in [0.15, 0.2) is 140 Å². The topological polar surface area (TPSA) is 304 Å². The lowest BCUT2D eigenvalue weighted by molar-refractivity contribution is -0.272. The predicted octanol–water partition coefficient (Wildman–Crippen LogP) is 17.9. The first kappa shape index (κ1) is 98.3. The van der Waals surface area contributed by atoms with Crippen molar-refractivity contribution in [2.45, 2.75) is 346 Å². The fraction of sp³-hybridized carbons (Fsp3) is 0.652. The summed E-state index contributed by atoms with van der Waals surface area (Å²) in [5.41, 5.74) is 36.2. The highest BCUT2D eigenvalue weighted by molar-refractivity contribution is 6.09. The summed E-state index contributed by atoms with van der Waals surface area (Å²) in [5.74, 6) is -10.9. The number of aliphatic hydroxyl groups is 1. The molecule has 1 fully saturated rings. The van der Waals surface area contributed by atoms with Gasteiger partial charge < -0.3 is 52.1 Å². The van der Waals surface area contributed by atoms with Crippen LogP contribution in [0.2, 0.25) is 0 Å². The monoisotopic (exact) mass is 1490 g/mol. The van der Waals surface area contributed by atoms with E-state index in [1.165, 1.54) is 69.6 Å². The minimum Gasteiger partial charge on any atom is -0.479 e. The van der Waals surface area contributed by atoms with Crippen molar-refractivity contribution >= 4 is 41.4 Å². The zero-order valence-corrected chi connectivity index (χ0v) is 70.0. The highest BCUT2D eigenvalue weighted by Crippen LogP contribution is 2.47. The van der Waals surface area contributed by atoms with Gasteiger partial charge in [-0.05, 0) is 257 Å². The van der Waals surface area contributed by atoms with Crippen LogP contribution in [0.25, 0.3) is 0 Å². The smallest absolute Gasteiger partial charge is 0.332 e. The Morgan fingerprint density at radius 2 is 0.832 bits per heavy atom. The zero-order chi connectivity index (χ0) is 81.3. The average Bonchev–Trinajstić information content (AvgIpc) is 0.691. The first-order valence-corrected chi connectivity index (χ1v) is 39.5. The van der Waals surface area contributed by atoms with Gasteiger partial charge in [0.25, 0.3) is 0 Å². The molecule has 0 aromatic carbocycles. The molecule has 2 unspecified atom stereocenters. The Balaban J connectivity index is 3.82. The molecule has 107 heavy (non-hydrogen) atoms. The van der Waals surface area contributed by atoms with Crippen LogP contribution in [0.4, 0.5) is 0 Å². The van der Waals surface area contributed by atoms with E-state index in [-0.39, 0.29) is 25.2 Å². The standard InChI is InChI=1S/C89H145N5O13/c1-59(2)32-22-34-63(9)36-24-38-65(11)40-26-42-67(13)44-28-46-69(15)48-30-50-71(17)52-54-75(55-53-72(18)51-31-49-70(16)47-29-45-68(14)43-27-41-66(12)39-25-37-64(10)35-23-33-60(3)4)85(101)105-58-78-79(96)80(106-73(19)84(99)100)81(92)89(107-78,82(97)76(90)56-61(5)6)88(87(93)103,57-77(91)86(102)104-21)94(74(20)95)83(98)62(7)8/h32-33,36-37,40-41,44-45,48-49,52-53,61-62,73,75-81,96H,22-31,34-35,38-39,42-43,46-47,50-51,54-58,90-92H2,1-21H3,(H2,93,103)(H,99,100)/t73-,75?,76+,77?,78-,79-,80+,81-,88-,89?/m1/s1. The van der Waals surface area contributed by atoms with Gasteiger partial charge in [-0.15, -0.1) is 0 Å². The van der Waals surface area contributed by atoms with Gasteiger partial charge in [0.05, 0.1) is 25.1 Å². The molecule has 0 bridgehead atoms. The molecule has 0 spiro atoms. The Morgan fingerprint density at radius 1 is 0.505 bits per heavy atom. The molecule has 10 N–H and O–H groups in total. The zero-order valence-electron chi connectivity index (χ0n) is 70.0. The maximum atomic E-state index is 15.9. The number of aliphatic carboxylic acids is 1. The number of Topliss-reactive ketones (excluding diaryl/α,β-unsaturated/α-hetero) is 1. The Morgan fingerprint density at radius 3 is 1.11 bits per heavy atom. The number of nitrogens with zero attached hydrogens (tertiary/aromatic N) is 1. The van der Waals surface area contributed by atoms with E-state index in [2.05, 4.69) is 144 Å². The number of rotatable bonds is 51. The van der Waals surface area contributed by atoms with Gasteiger partial charge in [0.15, 0.2) is 23.0 Å². The molecule has 0 aromatic heterocycles. The Hall–Kier alpha value is -6.67. The van der Waals surface area contributed by atoms with Crippen molar-refractivity contribution in [1.29, 1.82) is 0 Å². The summed E-state index contributed by atoms with van der Waals surface area (Å²) in [6.45, 7) is 37.6. The number of hydrogen-bond donors (Lipinski definition) is 6. The molecule has 0 aliphatic carbocycles. The van der Waals surface area contributed by atoms with Crippen molar-refractivity contribution in [3.05, 3.63) is 140 Å². The van der Waals surface area contributed by atoms with E-state index in [1.807, 2.05) is 26.0 Å². The lowest BCUT2D eigenvalue weighted by atomic mass is 9.62. The molecule has 18 heteroatoms. The maximum Gasteiger partial charge on any atom is 0.332 e. The average molecular weight is 1490 g/mol. The second-order valence-corrected chi connectivity index (χ2v) is 31.7. The number of carbonyl (C=O) groups excluding carboxylic acids is 6. The molecule has 0 aromatic rings. The van der Waals surface area contributed by atoms with Gasteiger partial charge in [-0.1, -0.05) is 167 Å². The number of amides is 3. The molecule has 1 saturated heterocycles. The van der Waals surface area contributed by atoms with Crippen LogP contribution in [0, 0.1) is 17.8 Å². The van der Waals surface area contributed by atoms with E-state index in [4.69, 9.17) is 41.9 Å². The number of carbonyl (C=O) groups is 7. The van der Waals surface area contributed by atoms with Crippen LogP contribution in [0.3, 0.4) is 0 Å². The minimum atomic E-state index is -3.23. The highest BCUT2D eigenvalue weighted by atomic mass is 16.6. The van der Waals surface area contributed by atoms with Crippen LogP contribution >= 0.6 is 0 Å². The van der Waals surface area contributed by atoms with Crippen LogP contribution in [0.1, 0.15) is 293 Å². The van der Waals surface area contributed by atoms with E-state index < -0.39 is 120 Å². The summed E-state index contributed by atoms with van der Waals surface area (Å²) in [6.07, 6.45) is 38.2. The van der Waals surface area contributed by atoms with Gasteiger partial charge in [-0.2, -0.15) is 0 Å². The summed E-state index contributed by atoms with van der Waals surface area (Å²) in [6, 6.07) is -5.81. The summed E-state index contributed by atoms with van der Waals surface area (Å²) in [4.78, 5) is 101. The normalized spacial score (nSPS) is 20.1. The Labute approximate surface area is 646 Å². The number of imide groups is 1. The summed E-state index contributed by atoms with van der Waals surface area (Å²) < 4.78 is 23.9. The third-order valence-electron chi connectivity index (χ3n) is 20.1. The number of esters is 2. The maximum absolute atomic E-state index is 15.9. The Kier molecular flexibility index (Phi) is 47.5. The summed E-state index contributed by atoms with van der Waals surface area (Å²) >= 11 is 0. The predicted molar refractivity (Wildman–Crippen MR) is 437 cm³/mol.